The minimum absolute atomic E-state index is 0.411. The molecule has 0 aliphatic carbocycles. The van der Waals surface area contributed by atoms with Crippen molar-refractivity contribution >= 4 is 43.6 Å². The van der Waals surface area contributed by atoms with Crippen molar-refractivity contribution < 1.29 is 13.2 Å². The zero-order chi connectivity index (χ0) is 35.5. The molecule has 6 aromatic carbocycles. The predicted molar refractivity (Wildman–Crippen MR) is 201 cm³/mol. The monoisotopic (exact) mass is 663 g/mol. The molecule has 0 spiro atoms. The maximum atomic E-state index is 14.2. The molecule has 8 aromatic rings. The molecule has 0 bridgehead atoms. The highest BCUT2D eigenvalue weighted by Crippen LogP contribution is 2.42. The van der Waals surface area contributed by atoms with Gasteiger partial charge in [-0.25, -0.2) is 0 Å². The summed E-state index contributed by atoms with van der Waals surface area (Å²) in [5.41, 5.74) is 9.86. The standard InChI is InChI=1S/C42H30F3N3.C2H6/c1-24-8-12-31-32-13-9-25(2)17-38(32)47(37(31)16-24)36-22-35(28-6-5-7-30(20-28)42(43,44)45)41(21-29(36)23-46)48-39-18-26(3)10-14-33(39)34-15-11-27(4)19-40(34)48;1-2/h5-22H,1-4H3;1-2H3. The van der Waals surface area contributed by atoms with E-state index in [1.165, 1.54) is 12.1 Å². The summed E-state index contributed by atoms with van der Waals surface area (Å²) in [6, 6.07) is 36.7. The van der Waals surface area contributed by atoms with E-state index >= 15 is 0 Å². The van der Waals surface area contributed by atoms with Gasteiger partial charge in [-0.2, -0.15) is 18.4 Å². The van der Waals surface area contributed by atoms with Crippen molar-refractivity contribution in [2.75, 3.05) is 0 Å². The van der Waals surface area contributed by atoms with Crippen LogP contribution in [0.5, 0.6) is 0 Å². The number of aromatic nitrogens is 2. The molecule has 50 heavy (non-hydrogen) atoms. The van der Waals surface area contributed by atoms with E-state index < -0.39 is 11.7 Å². The molecule has 2 heterocycles. The fourth-order valence-corrected chi connectivity index (χ4v) is 7.13. The molecule has 0 unspecified atom stereocenters. The molecule has 0 fully saturated rings. The molecule has 3 nitrogen and oxygen atoms in total. The highest BCUT2D eigenvalue weighted by molar-refractivity contribution is 6.11. The van der Waals surface area contributed by atoms with Crippen molar-refractivity contribution in [3.8, 4) is 28.6 Å². The minimum atomic E-state index is -4.52. The summed E-state index contributed by atoms with van der Waals surface area (Å²) in [4.78, 5) is 0. The van der Waals surface area contributed by atoms with Gasteiger partial charge in [0.25, 0.3) is 0 Å². The Balaban J connectivity index is 0.00000193. The van der Waals surface area contributed by atoms with Crippen LogP contribution in [-0.4, -0.2) is 9.13 Å². The van der Waals surface area contributed by atoms with E-state index in [2.05, 4.69) is 88.0 Å². The third-order valence-corrected chi connectivity index (χ3v) is 9.37. The van der Waals surface area contributed by atoms with Gasteiger partial charge in [0.2, 0.25) is 0 Å². The first-order chi connectivity index (χ1) is 24.0. The second-order valence-electron chi connectivity index (χ2n) is 12.8. The van der Waals surface area contributed by atoms with E-state index in [9.17, 15) is 18.4 Å². The summed E-state index contributed by atoms with van der Waals surface area (Å²) in [5.74, 6) is 0. The van der Waals surface area contributed by atoms with Crippen LogP contribution >= 0.6 is 0 Å². The molecular formula is C44H36F3N3. The number of nitrogens with zero attached hydrogens (tertiary/aromatic N) is 3. The van der Waals surface area contributed by atoms with E-state index in [4.69, 9.17) is 0 Å². The molecule has 0 saturated heterocycles. The lowest BCUT2D eigenvalue weighted by Crippen LogP contribution is -2.06. The van der Waals surface area contributed by atoms with Crippen molar-refractivity contribution in [3.05, 3.63) is 143 Å². The van der Waals surface area contributed by atoms with Crippen LogP contribution in [0.25, 0.3) is 66.1 Å². The van der Waals surface area contributed by atoms with Crippen molar-refractivity contribution in [2.24, 2.45) is 0 Å². The summed E-state index contributed by atoms with van der Waals surface area (Å²) in [7, 11) is 0. The van der Waals surface area contributed by atoms with Crippen LogP contribution in [0.15, 0.2) is 109 Å². The number of alkyl halides is 3. The highest BCUT2D eigenvalue weighted by Gasteiger charge is 2.31. The Morgan fingerprint density at radius 3 is 1.34 bits per heavy atom. The van der Waals surface area contributed by atoms with Crippen molar-refractivity contribution in [3.63, 3.8) is 0 Å². The average Bonchev–Trinajstić information content (AvgIpc) is 3.58. The Kier molecular flexibility index (Phi) is 8.03. The molecule has 0 aliphatic rings. The minimum Gasteiger partial charge on any atom is -0.309 e. The lowest BCUT2D eigenvalue weighted by atomic mass is 9.97. The number of hydrogen-bond acceptors (Lipinski definition) is 1. The Labute approximate surface area is 289 Å². The van der Waals surface area contributed by atoms with Crippen molar-refractivity contribution in [1.29, 1.82) is 5.26 Å². The Morgan fingerprint density at radius 1 is 0.520 bits per heavy atom. The number of nitriles is 1. The number of rotatable bonds is 3. The molecular weight excluding hydrogens is 627 g/mol. The molecule has 8 rings (SSSR count). The van der Waals surface area contributed by atoms with Gasteiger partial charge in [-0.1, -0.05) is 74.5 Å². The van der Waals surface area contributed by atoms with Gasteiger partial charge in [0.1, 0.15) is 6.07 Å². The quantitative estimate of drug-likeness (QED) is 0.185. The summed E-state index contributed by atoms with van der Waals surface area (Å²) in [5, 5.41) is 14.9. The third-order valence-electron chi connectivity index (χ3n) is 9.37. The summed E-state index contributed by atoms with van der Waals surface area (Å²) < 4.78 is 46.7. The molecule has 0 amide bonds. The second-order valence-corrected chi connectivity index (χ2v) is 12.8. The first kappa shape index (κ1) is 32.7. The summed E-state index contributed by atoms with van der Waals surface area (Å²) >= 11 is 0. The number of fused-ring (bicyclic) bond motifs is 6. The molecule has 0 atom stereocenters. The maximum Gasteiger partial charge on any atom is 0.416 e. The number of benzene rings is 6. The zero-order valence-electron chi connectivity index (χ0n) is 28.9. The second kappa shape index (κ2) is 12.3. The molecule has 6 heteroatoms. The van der Waals surface area contributed by atoms with Crippen LogP contribution in [0, 0.1) is 39.0 Å². The van der Waals surface area contributed by atoms with E-state index in [0.29, 0.717) is 28.1 Å². The van der Waals surface area contributed by atoms with E-state index in [-0.39, 0.29) is 0 Å². The fourth-order valence-electron chi connectivity index (χ4n) is 7.13. The van der Waals surface area contributed by atoms with Crippen molar-refractivity contribution in [1.82, 2.24) is 9.13 Å². The van der Waals surface area contributed by atoms with Crippen LogP contribution in [0.4, 0.5) is 13.2 Å². The highest BCUT2D eigenvalue weighted by atomic mass is 19.4. The maximum absolute atomic E-state index is 14.2. The lowest BCUT2D eigenvalue weighted by molar-refractivity contribution is -0.137. The van der Waals surface area contributed by atoms with Crippen LogP contribution in [0.2, 0.25) is 0 Å². The van der Waals surface area contributed by atoms with Crippen LogP contribution in [-0.2, 0) is 6.18 Å². The Morgan fingerprint density at radius 2 is 0.940 bits per heavy atom. The molecule has 2 aromatic heterocycles. The molecule has 0 N–H and O–H groups in total. The van der Waals surface area contributed by atoms with E-state index in [1.807, 2.05) is 53.7 Å². The van der Waals surface area contributed by atoms with Crippen molar-refractivity contribution in [2.45, 2.75) is 47.7 Å². The smallest absolute Gasteiger partial charge is 0.309 e. The average molecular weight is 664 g/mol. The van der Waals surface area contributed by atoms with Crippen LogP contribution in [0.1, 0.15) is 47.2 Å². The topological polar surface area (TPSA) is 33.6 Å². The molecule has 0 aliphatic heterocycles. The number of halogens is 3. The Bertz CT molecular complexity index is 2550. The summed E-state index contributed by atoms with van der Waals surface area (Å²) in [6.45, 7) is 12.1. The first-order valence-corrected chi connectivity index (χ1v) is 16.8. The summed E-state index contributed by atoms with van der Waals surface area (Å²) in [6.07, 6.45) is -4.52. The van der Waals surface area contributed by atoms with Gasteiger partial charge >= 0.3 is 6.18 Å². The zero-order valence-corrected chi connectivity index (χ0v) is 28.9. The lowest BCUT2D eigenvalue weighted by Gasteiger charge is -2.20. The van der Waals surface area contributed by atoms with Crippen LogP contribution < -0.4 is 0 Å². The van der Waals surface area contributed by atoms with E-state index in [0.717, 1.165) is 71.9 Å². The number of hydrogen-bond donors (Lipinski definition) is 0. The van der Waals surface area contributed by atoms with Gasteiger partial charge in [0.05, 0.1) is 44.6 Å². The van der Waals surface area contributed by atoms with Gasteiger partial charge in [-0.3, -0.25) is 0 Å². The molecule has 248 valence electrons. The normalized spacial score (nSPS) is 11.7. The first-order valence-electron chi connectivity index (χ1n) is 16.8. The molecule has 0 radical (unpaired) electrons. The Hall–Kier alpha value is -5.80. The third kappa shape index (κ3) is 5.31. The van der Waals surface area contributed by atoms with Gasteiger partial charge in [-0.05, 0) is 104 Å². The van der Waals surface area contributed by atoms with E-state index in [1.54, 1.807) is 6.07 Å². The SMILES string of the molecule is CC.Cc1ccc2c3ccc(C)cc3n(-c3cc(-c4cccc(C(F)(F)F)c4)c(-n4c5cc(C)ccc5c5ccc(C)cc54)cc3C#N)c2c1. The number of aryl methyl sites for hydroxylation is 4. The largest absolute Gasteiger partial charge is 0.416 e. The van der Waals surface area contributed by atoms with Gasteiger partial charge < -0.3 is 9.13 Å². The van der Waals surface area contributed by atoms with Gasteiger partial charge in [0, 0.05) is 27.1 Å². The van der Waals surface area contributed by atoms with Gasteiger partial charge in [-0.15, -0.1) is 0 Å². The fraction of sp³-hybridized carbons (Fsp3) is 0.159. The van der Waals surface area contributed by atoms with Crippen LogP contribution in [0.3, 0.4) is 0 Å². The predicted octanol–water partition coefficient (Wildman–Crippen LogP) is 12.7. The molecule has 0 saturated carbocycles. The van der Waals surface area contributed by atoms with Gasteiger partial charge in [0.15, 0.2) is 0 Å².